The molecule has 2 heterocycles. The minimum absolute atomic E-state index is 0.0423. The van der Waals surface area contributed by atoms with Crippen LogP contribution >= 0.6 is 11.6 Å². The Kier molecular flexibility index (Phi) is 5.50. The van der Waals surface area contributed by atoms with Gasteiger partial charge in [0.2, 0.25) is 17.7 Å². The van der Waals surface area contributed by atoms with Gasteiger partial charge >= 0.3 is 5.97 Å². The highest BCUT2D eigenvalue weighted by molar-refractivity contribution is 6.30. The van der Waals surface area contributed by atoms with Crippen LogP contribution in [0.2, 0.25) is 5.02 Å². The second-order valence-electron chi connectivity index (χ2n) is 8.47. The van der Waals surface area contributed by atoms with Gasteiger partial charge in [0.1, 0.15) is 5.75 Å². The van der Waals surface area contributed by atoms with Gasteiger partial charge in [-0.15, -0.1) is 0 Å². The summed E-state index contributed by atoms with van der Waals surface area (Å²) in [4.78, 5) is 53.6. The Morgan fingerprint density at radius 3 is 2.24 bits per heavy atom. The number of hydrogen-bond acceptors (Lipinski definition) is 5. The highest BCUT2D eigenvalue weighted by atomic mass is 35.5. The average Bonchev–Trinajstić information content (AvgIpc) is 3.32. The van der Waals surface area contributed by atoms with E-state index < -0.39 is 11.9 Å². The molecule has 0 N–H and O–H groups in total. The van der Waals surface area contributed by atoms with E-state index in [9.17, 15) is 19.2 Å². The Labute approximate surface area is 195 Å². The van der Waals surface area contributed by atoms with E-state index in [1.54, 1.807) is 42.5 Å². The van der Waals surface area contributed by atoms with Crippen molar-refractivity contribution in [3.63, 3.8) is 0 Å². The molecule has 2 aromatic rings. The van der Waals surface area contributed by atoms with E-state index in [1.807, 2.05) is 12.2 Å². The molecule has 0 unspecified atom stereocenters. The largest absolute Gasteiger partial charge is 0.426 e. The molecule has 1 aliphatic carbocycles. The van der Waals surface area contributed by atoms with Crippen LogP contribution in [0.1, 0.15) is 19.3 Å². The molecule has 0 bridgehead atoms. The number of imide groups is 1. The number of carbonyl (C=O) groups excluding carboxylic acids is 4. The van der Waals surface area contributed by atoms with E-state index in [0.29, 0.717) is 29.2 Å². The van der Waals surface area contributed by atoms with Crippen molar-refractivity contribution in [3.05, 3.63) is 65.7 Å². The van der Waals surface area contributed by atoms with Crippen LogP contribution in [-0.2, 0) is 19.2 Å². The number of halogens is 1. The van der Waals surface area contributed by atoms with E-state index in [4.69, 9.17) is 16.3 Å². The number of fused-ring (bicyclic) bond motifs is 1. The normalized spacial score (nSPS) is 24.4. The molecule has 0 saturated carbocycles. The highest BCUT2D eigenvalue weighted by Gasteiger charge is 2.48. The summed E-state index contributed by atoms with van der Waals surface area (Å²) in [6.07, 6.45) is 5.02. The standard InChI is InChI=1S/C25H21ClN2O5/c26-16-8-10-17(11-9-16)27-14-15(12-22(27)29)25(32)33-19-5-3-4-18(13-19)28-23(30)20-6-1-2-7-21(20)24(28)31/h1-5,8-11,13,15,20-21H,6-7,12,14H2/t15-,20-,21-/m1/s1. The minimum atomic E-state index is -0.624. The van der Waals surface area contributed by atoms with Crippen LogP contribution in [0, 0.1) is 17.8 Å². The zero-order valence-corrected chi connectivity index (χ0v) is 18.4. The van der Waals surface area contributed by atoms with Gasteiger partial charge in [-0.1, -0.05) is 29.8 Å². The third-order valence-electron chi connectivity index (χ3n) is 6.40. The van der Waals surface area contributed by atoms with E-state index in [-0.39, 0.29) is 48.3 Å². The van der Waals surface area contributed by atoms with Crippen LogP contribution in [0.3, 0.4) is 0 Å². The monoisotopic (exact) mass is 464 g/mol. The van der Waals surface area contributed by atoms with Gasteiger partial charge in [0.25, 0.3) is 0 Å². The molecule has 2 fully saturated rings. The molecule has 33 heavy (non-hydrogen) atoms. The molecule has 3 aliphatic rings. The molecule has 2 aliphatic heterocycles. The SMILES string of the molecule is O=C(Oc1cccc(N2C(=O)[C@@H]3CC=CC[C@H]3C2=O)c1)[C@@H]1CC(=O)N(c2ccc(Cl)cc2)C1. The molecular formula is C25H21ClN2O5. The van der Waals surface area contributed by atoms with Crippen molar-refractivity contribution in [2.24, 2.45) is 17.8 Å². The Bertz CT molecular complexity index is 1150. The summed E-state index contributed by atoms with van der Waals surface area (Å²) >= 11 is 5.91. The summed E-state index contributed by atoms with van der Waals surface area (Å²) in [7, 11) is 0. The topological polar surface area (TPSA) is 84.0 Å². The van der Waals surface area contributed by atoms with Crippen LogP contribution in [0.4, 0.5) is 11.4 Å². The molecule has 0 radical (unpaired) electrons. The molecule has 3 amide bonds. The maximum absolute atomic E-state index is 12.8. The fourth-order valence-electron chi connectivity index (χ4n) is 4.68. The van der Waals surface area contributed by atoms with Crippen molar-refractivity contribution in [2.45, 2.75) is 19.3 Å². The molecule has 0 aromatic heterocycles. The Morgan fingerprint density at radius 2 is 1.58 bits per heavy atom. The van der Waals surface area contributed by atoms with Crippen molar-refractivity contribution < 1.29 is 23.9 Å². The van der Waals surface area contributed by atoms with Crippen LogP contribution in [0.15, 0.2) is 60.7 Å². The van der Waals surface area contributed by atoms with Crippen LogP contribution in [-0.4, -0.2) is 30.2 Å². The summed E-state index contributed by atoms with van der Waals surface area (Å²) in [5, 5.41) is 0.562. The first-order valence-corrected chi connectivity index (χ1v) is 11.2. The van der Waals surface area contributed by atoms with E-state index in [0.717, 1.165) is 0 Å². The molecule has 2 saturated heterocycles. The van der Waals surface area contributed by atoms with Gasteiger partial charge in [-0.25, -0.2) is 4.90 Å². The predicted octanol–water partition coefficient (Wildman–Crippen LogP) is 3.75. The number of benzene rings is 2. The van der Waals surface area contributed by atoms with Crippen molar-refractivity contribution in [1.29, 1.82) is 0 Å². The predicted molar refractivity (Wildman–Crippen MR) is 122 cm³/mol. The fraction of sp³-hybridized carbons (Fsp3) is 0.280. The van der Waals surface area contributed by atoms with Gasteiger partial charge in [-0.05, 0) is 49.2 Å². The first kappa shape index (κ1) is 21.4. The molecule has 2 aromatic carbocycles. The van der Waals surface area contributed by atoms with Gasteiger partial charge in [-0.3, -0.25) is 19.2 Å². The fourth-order valence-corrected chi connectivity index (χ4v) is 4.80. The lowest BCUT2D eigenvalue weighted by molar-refractivity contribution is -0.139. The maximum Gasteiger partial charge on any atom is 0.316 e. The smallest absolute Gasteiger partial charge is 0.316 e. The van der Waals surface area contributed by atoms with Crippen molar-refractivity contribution in [2.75, 3.05) is 16.3 Å². The zero-order valence-electron chi connectivity index (χ0n) is 17.6. The van der Waals surface area contributed by atoms with Crippen LogP contribution in [0.25, 0.3) is 0 Å². The van der Waals surface area contributed by atoms with Crippen LogP contribution < -0.4 is 14.5 Å². The molecule has 8 heteroatoms. The van der Waals surface area contributed by atoms with Crippen molar-refractivity contribution in [1.82, 2.24) is 0 Å². The lowest BCUT2D eigenvalue weighted by atomic mass is 9.85. The van der Waals surface area contributed by atoms with Crippen molar-refractivity contribution >= 4 is 46.7 Å². The number of allylic oxidation sites excluding steroid dienone is 2. The number of nitrogens with zero attached hydrogens (tertiary/aromatic N) is 2. The number of anilines is 2. The van der Waals surface area contributed by atoms with E-state index in [2.05, 4.69) is 0 Å². The Morgan fingerprint density at radius 1 is 0.909 bits per heavy atom. The average molecular weight is 465 g/mol. The second kappa shape index (κ2) is 8.48. The number of carbonyl (C=O) groups is 4. The molecule has 3 atom stereocenters. The molecular weight excluding hydrogens is 444 g/mol. The summed E-state index contributed by atoms with van der Waals surface area (Å²) in [6.45, 7) is 0.207. The first-order chi connectivity index (χ1) is 15.9. The number of ether oxygens (including phenoxy) is 1. The summed E-state index contributed by atoms with van der Waals surface area (Å²) < 4.78 is 5.54. The van der Waals surface area contributed by atoms with Crippen molar-refractivity contribution in [3.8, 4) is 5.75 Å². The lowest BCUT2D eigenvalue weighted by Gasteiger charge is -2.17. The quantitative estimate of drug-likeness (QED) is 0.298. The van der Waals surface area contributed by atoms with E-state index in [1.165, 1.54) is 15.9 Å². The number of esters is 1. The number of amides is 3. The summed E-state index contributed by atoms with van der Waals surface area (Å²) in [5.74, 6) is -2.22. The van der Waals surface area contributed by atoms with Gasteiger partial charge < -0.3 is 9.64 Å². The summed E-state index contributed by atoms with van der Waals surface area (Å²) in [5.41, 5.74) is 1.05. The lowest BCUT2D eigenvalue weighted by Crippen LogP contribution is -2.31. The maximum atomic E-state index is 12.8. The summed E-state index contributed by atoms with van der Waals surface area (Å²) in [6, 6.07) is 13.2. The van der Waals surface area contributed by atoms with Gasteiger partial charge in [0.15, 0.2) is 0 Å². The number of rotatable bonds is 4. The minimum Gasteiger partial charge on any atom is -0.426 e. The van der Waals surface area contributed by atoms with Crippen LogP contribution in [0.5, 0.6) is 5.75 Å². The zero-order chi connectivity index (χ0) is 23.1. The van der Waals surface area contributed by atoms with Gasteiger partial charge in [0.05, 0.1) is 23.4 Å². The third-order valence-corrected chi connectivity index (χ3v) is 6.65. The molecule has 7 nitrogen and oxygen atoms in total. The molecule has 5 rings (SSSR count). The van der Waals surface area contributed by atoms with E-state index >= 15 is 0 Å². The first-order valence-electron chi connectivity index (χ1n) is 10.8. The Hall–Kier alpha value is -3.45. The molecule has 168 valence electrons. The third kappa shape index (κ3) is 3.93. The van der Waals surface area contributed by atoms with Gasteiger partial charge in [0, 0.05) is 29.7 Å². The number of hydrogen-bond donors (Lipinski definition) is 0. The Balaban J connectivity index is 1.29. The second-order valence-corrected chi connectivity index (χ2v) is 8.90. The van der Waals surface area contributed by atoms with Gasteiger partial charge in [-0.2, -0.15) is 0 Å². The molecule has 0 spiro atoms. The highest BCUT2D eigenvalue weighted by Crippen LogP contribution is 2.38.